The minimum atomic E-state index is 0.735. The van der Waals surface area contributed by atoms with E-state index in [1.165, 1.54) is 32.1 Å². The molecular weight excluding hydrogens is 200 g/mol. The quantitative estimate of drug-likeness (QED) is 0.771. The minimum absolute atomic E-state index is 0.735. The number of rotatable bonds is 4. The molecule has 88 valence electrons. The molecule has 1 aromatic carbocycles. The number of hydrogen-bond donors (Lipinski definition) is 0. The Morgan fingerprint density at radius 1 is 1.06 bits per heavy atom. The summed E-state index contributed by atoms with van der Waals surface area (Å²) in [6.07, 6.45) is 6.75. The number of methoxy groups -OCH3 is 1. The molecule has 0 radical (unpaired) electrons. The highest BCUT2D eigenvalue weighted by Crippen LogP contribution is 2.29. The van der Waals surface area contributed by atoms with Crippen LogP contribution in [0.25, 0.3) is 0 Å². The fraction of sp³-hybridized carbons (Fsp3) is 0.571. The Labute approximate surface area is 97.6 Å². The third-order valence-electron chi connectivity index (χ3n) is 3.27. The lowest BCUT2D eigenvalue weighted by molar-refractivity contribution is 0.202. The van der Waals surface area contributed by atoms with Crippen molar-refractivity contribution in [2.24, 2.45) is 5.92 Å². The highest BCUT2D eigenvalue weighted by Gasteiger charge is 2.14. The van der Waals surface area contributed by atoms with Crippen LogP contribution in [0.15, 0.2) is 24.3 Å². The predicted molar refractivity (Wildman–Crippen MR) is 65.1 cm³/mol. The Hall–Kier alpha value is -1.18. The van der Waals surface area contributed by atoms with Gasteiger partial charge in [0.05, 0.1) is 13.7 Å². The molecule has 2 rings (SSSR count). The van der Waals surface area contributed by atoms with Gasteiger partial charge in [-0.2, -0.15) is 0 Å². The molecule has 0 heterocycles. The third-order valence-corrected chi connectivity index (χ3v) is 3.27. The predicted octanol–water partition coefficient (Wildman–Crippen LogP) is 3.65. The van der Waals surface area contributed by atoms with Crippen molar-refractivity contribution < 1.29 is 9.47 Å². The van der Waals surface area contributed by atoms with Crippen molar-refractivity contribution in [3.63, 3.8) is 0 Å². The van der Waals surface area contributed by atoms with Gasteiger partial charge in [0, 0.05) is 0 Å². The van der Waals surface area contributed by atoms with Gasteiger partial charge >= 0.3 is 0 Å². The van der Waals surface area contributed by atoms with Gasteiger partial charge in [-0.1, -0.05) is 31.4 Å². The van der Waals surface area contributed by atoms with Crippen molar-refractivity contribution in [1.29, 1.82) is 0 Å². The molecule has 0 amide bonds. The molecule has 1 saturated carbocycles. The van der Waals surface area contributed by atoms with Gasteiger partial charge in [0.2, 0.25) is 0 Å². The van der Waals surface area contributed by atoms with Crippen molar-refractivity contribution in [2.45, 2.75) is 32.1 Å². The van der Waals surface area contributed by atoms with E-state index in [1.807, 2.05) is 24.3 Å². The highest BCUT2D eigenvalue weighted by atomic mass is 16.5. The third kappa shape index (κ3) is 2.91. The molecule has 2 heteroatoms. The van der Waals surface area contributed by atoms with E-state index >= 15 is 0 Å². The molecule has 1 aliphatic carbocycles. The van der Waals surface area contributed by atoms with Gasteiger partial charge in [-0.05, 0) is 30.9 Å². The topological polar surface area (TPSA) is 18.5 Å². The van der Waals surface area contributed by atoms with Crippen LogP contribution < -0.4 is 9.47 Å². The maximum atomic E-state index is 5.84. The van der Waals surface area contributed by atoms with Gasteiger partial charge in [-0.15, -0.1) is 0 Å². The van der Waals surface area contributed by atoms with Crippen molar-refractivity contribution in [2.75, 3.05) is 13.7 Å². The summed E-state index contributed by atoms with van der Waals surface area (Å²) in [6.45, 7) is 0.834. The van der Waals surface area contributed by atoms with Crippen LogP contribution in [-0.4, -0.2) is 13.7 Å². The molecule has 2 nitrogen and oxygen atoms in total. The van der Waals surface area contributed by atoms with E-state index in [1.54, 1.807) is 7.11 Å². The zero-order chi connectivity index (χ0) is 11.2. The molecule has 16 heavy (non-hydrogen) atoms. The first-order valence-corrected chi connectivity index (χ1v) is 6.16. The Morgan fingerprint density at radius 3 is 2.44 bits per heavy atom. The lowest BCUT2D eigenvalue weighted by Crippen LogP contribution is -2.15. The summed E-state index contributed by atoms with van der Waals surface area (Å²) in [7, 11) is 1.68. The number of ether oxygens (including phenoxy) is 2. The Bertz CT molecular complexity index is 316. The molecule has 1 fully saturated rings. The molecule has 1 aromatic rings. The normalized spacial score (nSPS) is 17.1. The van der Waals surface area contributed by atoms with Crippen LogP contribution in [0.5, 0.6) is 11.5 Å². The number of hydrogen-bond acceptors (Lipinski definition) is 2. The molecule has 0 saturated heterocycles. The van der Waals surface area contributed by atoms with Crippen molar-refractivity contribution in [3.8, 4) is 11.5 Å². The molecule has 0 bridgehead atoms. The number of para-hydroxylation sites is 2. The maximum Gasteiger partial charge on any atom is 0.161 e. The maximum absolute atomic E-state index is 5.84. The molecule has 0 spiro atoms. The van der Waals surface area contributed by atoms with E-state index < -0.39 is 0 Å². The average molecular weight is 220 g/mol. The Balaban J connectivity index is 1.88. The summed E-state index contributed by atoms with van der Waals surface area (Å²) in [5, 5.41) is 0. The summed E-state index contributed by atoms with van der Waals surface area (Å²) >= 11 is 0. The standard InChI is InChI=1S/C14H20O2/c1-15-13-9-5-6-10-14(13)16-11-12-7-3-2-4-8-12/h5-6,9-10,12H,2-4,7-8,11H2,1H3. The van der Waals surface area contributed by atoms with Gasteiger partial charge in [-0.3, -0.25) is 0 Å². The molecule has 0 N–H and O–H groups in total. The van der Waals surface area contributed by atoms with E-state index in [0.717, 1.165) is 24.0 Å². The second-order valence-electron chi connectivity index (χ2n) is 4.47. The van der Waals surface area contributed by atoms with Gasteiger partial charge in [-0.25, -0.2) is 0 Å². The summed E-state index contributed by atoms with van der Waals surface area (Å²) < 4.78 is 11.1. The van der Waals surface area contributed by atoms with Gasteiger partial charge < -0.3 is 9.47 Å². The highest BCUT2D eigenvalue weighted by molar-refractivity contribution is 5.39. The van der Waals surface area contributed by atoms with Crippen LogP contribution >= 0.6 is 0 Å². The first-order valence-electron chi connectivity index (χ1n) is 6.16. The lowest BCUT2D eigenvalue weighted by atomic mass is 9.90. The van der Waals surface area contributed by atoms with Gasteiger partial charge in [0.15, 0.2) is 11.5 Å². The second kappa shape index (κ2) is 5.78. The SMILES string of the molecule is COc1ccccc1OCC1CCCCC1. The summed E-state index contributed by atoms with van der Waals surface area (Å²) in [5.41, 5.74) is 0. The van der Waals surface area contributed by atoms with Crippen LogP contribution in [0.1, 0.15) is 32.1 Å². The van der Waals surface area contributed by atoms with E-state index in [4.69, 9.17) is 9.47 Å². The molecule has 0 aliphatic heterocycles. The Kier molecular flexibility index (Phi) is 4.09. The molecule has 1 aliphatic rings. The smallest absolute Gasteiger partial charge is 0.161 e. The Morgan fingerprint density at radius 2 is 1.75 bits per heavy atom. The zero-order valence-corrected chi connectivity index (χ0v) is 9.95. The lowest BCUT2D eigenvalue weighted by Gasteiger charge is -2.22. The minimum Gasteiger partial charge on any atom is -0.493 e. The van der Waals surface area contributed by atoms with E-state index in [2.05, 4.69) is 0 Å². The first kappa shape index (κ1) is 11.3. The summed E-state index contributed by atoms with van der Waals surface area (Å²) in [6, 6.07) is 7.86. The molecule has 0 unspecified atom stereocenters. The van der Waals surface area contributed by atoms with Crippen LogP contribution in [-0.2, 0) is 0 Å². The van der Waals surface area contributed by atoms with Crippen LogP contribution in [0, 0.1) is 5.92 Å². The molecule has 0 aromatic heterocycles. The van der Waals surface area contributed by atoms with Crippen molar-refractivity contribution in [3.05, 3.63) is 24.3 Å². The average Bonchev–Trinajstić information content (AvgIpc) is 2.38. The zero-order valence-electron chi connectivity index (χ0n) is 9.95. The van der Waals surface area contributed by atoms with Gasteiger partial charge in [0.1, 0.15) is 0 Å². The largest absolute Gasteiger partial charge is 0.493 e. The van der Waals surface area contributed by atoms with Crippen LogP contribution in [0.3, 0.4) is 0 Å². The van der Waals surface area contributed by atoms with E-state index in [0.29, 0.717) is 0 Å². The van der Waals surface area contributed by atoms with E-state index in [9.17, 15) is 0 Å². The number of benzene rings is 1. The van der Waals surface area contributed by atoms with Crippen LogP contribution in [0.4, 0.5) is 0 Å². The second-order valence-corrected chi connectivity index (χ2v) is 4.47. The van der Waals surface area contributed by atoms with Crippen LogP contribution in [0.2, 0.25) is 0 Å². The molecular formula is C14H20O2. The van der Waals surface area contributed by atoms with E-state index in [-0.39, 0.29) is 0 Å². The fourth-order valence-corrected chi connectivity index (χ4v) is 2.30. The first-order chi connectivity index (χ1) is 7.90. The fourth-order valence-electron chi connectivity index (χ4n) is 2.30. The monoisotopic (exact) mass is 220 g/mol. The van der Waals surface area contributed by atoms with Crippen molar-refractivity contribution >= 4 is 0 Å². The summed E-state index contributed by atoms with van der Waals surface area (Å²) in [4.78, 5) is 0. The van der Waals surface area contributed by atoms with Gasteiger partial charge in [0.25, 0.3) is 0 Å². The summed E-state index contributed by atoms with van der Waals surface area (Å²) in [5.74, 6) is 2.44. The van der Waals surface area contributed by atoms with Crippen molar-refractivity contribution in [1.82, 2.24) is 0 Å². The molecule has 0 atom stereocenters.